The molecule has 68 valence electrons. The molecule has 0 aliphatic heterocycles. The van der Waals surface area contributed by atoms with Crippen LogP contribution in [-0.4, -0.2) is 5.11 Å². The quantitative estimate of drug-likeness (QED) is 0.610. The molecule has 0 radical (unpaired) electrons. The summed E-state index contributed by atoms with van der Waals surface area (Å²) in [5, 5.41) is 10.2. The number of halogens is 1. The van der Waals surface area contributed by atoms with Gasteiger partial charge < -0.3 is 5.11 Å². The van der Waals surface area contributed by atoms with Gasteiger partial charge in [-0.2, -0.15) is 0 Å². The summed E-state index contributed by atoms with van der Waals surface area (Å²) >= 11 is 8.27. The van der Waals surface area contributed by atoms with Gasteiger partial charge in [-0.05, 0) is 40.1 Å². The van der Waals surface area contributed by atoms with E-state index >= 15 is 0 Å². The Kier molecular flexibility index (Phi) is 2.83. The third kappa shape index (κ3) is 1.72. The van der Waals surface area contributed by atoms with Crippen molar-refractivity contribution in [3.8, 4) is 0 Å². The van der Waals surface area contributed by atoms with E-state index in [4.69, 9.17) is 5.11 Å². The zero-order valence-electron chi connectivity index (χ0n) is 6.62. The van der Waals surface area contributed by atoms with Gasteiger partial charge in [0.25, 0.3) is 0 Å². The Morgan fingerprint density at radius 2 is 2.23 bits per heavy atom. The molecule has 13 heavy (non-hydrogen) atoms. The van der Waals surface area contributed by atoms with Crippen molar-refractivity contribution >= 4 is 56.6 Å². The van der Waals surface area contributed by atoms with Gasteiger partial charge in [-0.3, -0.25) is 0 Å². The Hall–Kier alpha value is 0.220. The molecular formula is C9H7IOS2. The van der Waals surface area contributed by atoms with Crippen LogP contribution in [0, 0.1) is 3.57 Å². The van der Waals surface area contributed by atoms with Gasteiger partial charge in [0, 0.05) is 18.0 Å². The normalized spacial score (nSPS) is 11.0. The maximum absolute atomic E-state index is 8.99. The smallest absolute Gasteiger partial charge is 0.0774 e. The lowest BCUT2D eigenvalue weighted by atomic mass is 10.2. The molecule has 0 aliphatic rings. The second kappa shape index (κ2) is 3.76. The van der Waals surface area contributed by atoms with E-state index in [9.17, 15) is 0 Å². The van der Waals surface area contributed by atoms with Crippen LogP contribution in [0.3, 0.4) is 0 Å². The van der Waals surface area contributed by atoms with Crippen LogP contribution < -0.4 is 0 Å². The summed E-state index contributed by atoms with van der Waals surface area (Å²) < 4.78 is 2.39. The van der Waals surface area contributed by atoms with Crippen LogP contribution in [0.1, 0.15) is 4.88 Å². The van der Waals surface area contributed by atoms with Gasteiger partial charge >= 0.3 is 0 Å². The van der Waals surface area contributed by atoms with E-state index in [0.29, 0.717) is 0 Å². The van der Waals surface area contributed by atoms with E-state index in [1.807, 2.05) is 18.2 Å². The number of thiophene rings is 1. The Labute approximate surface area is 99.3 Å². The molecule has 1 aromatic carbocycles. The van der Waals surface area contributed by atoms with Gasteiger partial charge in [-0.15, -0.1) is 24.0 Å². The highest BCUT2D eigenvalue weighted by Crippen LogP contribution is 2.33. The third-order valence-corrected chi connectivity index (χ3v) is 5.25. The molecule has 0 fully saturated rings. The summed E-state index contributed by atoms with van der Waals surface area (Å²) in [5.74, 6) is 0. The predicted molar refractivity (Wildman–Crippen MR) is 67.7 cm³/mol. The van der Waals surface area contributed by atoms with Gasteiger partial charge in [0.2, 0.25) is 0 Å². The van der Waals surface area contributed by atoms with Crippen molar-refractivity contribution in [2.75, 3.05) is 0 Å². The molecule has 0 saturated heterocycles. The molecule has 0 spiro atoms. The minimum Gasteiger partial charge on any atom is -0.391 e. The first-order chi connectivity index (χ1) is 6.22. The Morgan fingerprint density at radius 1 is 1.46 bits per heavy atom. The number of thiol groups is 1. The Bertz CT molecular complexity index is 450. The van der Waals surface area contributed by atoms with Crippen molar-refractivity contribution in [2.24, 2.45) is 0 Å². The van der Waals surface area contributed by atoms with Crippen LogP contribution in [-0.2, 0) is 6.61 Å². The minimum atomic E-state index is 0.122. The summed E-state index contributed by atoms with van der Waals surface area (Å²) in [7, 11) is 0. The first-order valence-electron chi connectivity index (χ1n) is 3.73. The SMILES string of the molecule is OCc1cc2ccc(S)c(I)c2s1. The number of hydrogen-bond donors (Lipinski definition) is 2. The van der Waals surface area contributed by atoms with E-state index in [0.717, 1.165) is 9.77 Å². The average molecular weight is 322 g/mol. The Balaban J connectivity index is 2.76. The fourth-order valence-electron chi connectivity index (χ4n) is 1.19. The molecule has 0 atom stereocenters. The van der Waals surface area contributed by atoms with Crippen LogP contribution in [0.5, 0.6) is 0 Å². The second-order valence-electron chi connectivity index (χ2n) is 2.69. The average Bonchev–Trinajstić information content (AvgIpc) is 2.55. The molecule has 0 unspecified atom stereocenters. The summed E-state index contributed by atoms with van der Waals surface area (Å²) in [6, 6.07) is 6.05. The van der Waals surface area contributed by atoms with Crippen molar-refractivity contribution in [3.05, 3.63) is 26.6 Å². The number of aliphatic hydroxyl groups excluding tert-OH is 1. The minimum absolute atomic E-state index is 0.122. The van der Waals surface area contributed by atoms with Crippen molar-refractivity contribution in [1.82, 2.24) is 0 Å². The van der Waals surface area contributed by atoms with E-state index in [-0.39, 0.29) is 6.61 Å². The van der Waals surface area contributed by atoms with Crippen LogP contribution >= 0.6 is 46.6 Å². The summed E-state index contributed by atoms with van der Waals surface area (Å²) in [6.45, 7) is 0.122. The molecule has 0 bridgehead atoms. The highest BCUT2D eigenvalue weighted by atomic mass is 127. The number of fused-ring (bicyclic) bond motifs is 1. The molecule has 2 rings (SSSR count). The fourth-order valence-corrected chi connectivity index (χ4v) is 3.23. The van der Waals surface area contributed by atoms with Gasteiger partial charge in [-0.25, -0.2) is 0 Å². The number of rotatable bonds is 1. The first kappa shape index (κ1) is 9.76. The number of benzene rings is 1. The van der Waals surface area contributed by atoms with Gasteiger partial charge in [0.1, 0.15) is 0 Å². The molecule has 2 aromatic rings. The molecule has 1 N–H and O–H groups in total. The zero-order chi connectivity index (χ0) is 9.42. The molecule has 0 saturated carbocycles. The fraction of sp³-hybridized carbons (Fsp3) is 0.111. The molecular weight excluding hydrogens is 315 g/mol. The monoisotopic (exact) mass is 322 g/mol. The van der Waals surface area contributed by atoms with E-state index in [2.05, 4.69) is 35.2 Å². The van der Waals surface area contributed by atoms with E-state index in [1.165, 1.54) is 13.7 Å². The van der Waals surface area contributed by atoms with Gasteiger partial charge in [0.15, 0.2) is 0 Å². The molecule has 1 nitrogen and oxygen atoms in total. The molecule has 1 aromatic heterocycles. The van der Waals surface area contributed by atoms with Crippen LogP contribution in [0.2, 0.25) is 0 Å². The van der Waals surface area contributed by atoms with Crippen molar-refractivity contribution in [3.63, 3.8) is 0 Å². The predicted octanol–water partition coefficient (Wildman–Crippen LogP) is 3.29. The standard InChI is InChI=1S/C9H7IOS2/c10-8-7(12)2-1-5-3-6(4-11)13-9(5)8/h1-3,11-12H,4H2. The van der Waals surface area contributed by atoms with Crippen molar-refractivity contribution in [1.29, 1.82) is 0 Å². The summed E-state index contributed by atoms with van der Waals surface area (Å²) in [4.78, 5) is 2.01. The van der Waals surface area contributed by atoms with Crippen molar-refractivity contribution < 1.29 is 5.11 Å². The lowest BCUT2D eigenvalue weighted by Gasteiger charge is -1.96. The highest BCUT2D eigenvalue weighted by molar-refractivity contribution is 14.1. The van der Waals surface area contributed by atoms with Gasteiger partial charge in [0.05, 0.1) is 6.61 Å². The largest absolute Gasteiger partial charge is 0.391 e. The number of aliphatic hydroxyl groups is 1. The topological polar surface area (TPSA) is 20.2 Å². The van der Waals surface area contributed by atoms with Crippen LogP contribution in [0.4, 0.5) is 0 Å². The second-order valence-corrected chi connectivity index (χ2v) is 5.39. The number of hydrogen-bond acceptors (Lipinski definition) is 3. The molecule has 4 heteroatoms. The maximum Gasteiger partial charge on any atom is 0.0774 e. The first-order valence-corrected chi connectivity index (χ1v) is 6.07. The highest BCUT2D eigenvalue weighted by Gasteiger charge is 2.06. The molecule has 0 aliphatic carbocycles. The molecule has 0 amide bonds. The molecule has 1 heterocycles. The van der Waals surface area contributed by atoms with Crippen LogP contribution in [0.25, 0.3) is 10.1 Å². The van der Waals surface area contributed by atoms with Crippen molar-refractivity contribution in [2.45, 2.75) is 11.5 Å². The van der Waals surface area contributed by atoms with Crippen LogP contribution in [0.15, 0.2) is 23.1 Å². The van der Waals surface area contributed by atoms with E-state index in [1.54, 1.807) is 11.3 Å². The summed E-state index contributed by atoms with van der Waals surface area (Å²) in [5.41, 5.74) is 0. The Morgan fingerprint density at radius 3 is 2.92 bits per heavy atom. The summed E-state index contributed by atoms with van der Waals surface area (Å²) in [6.07, 6.45) is 0. The zero-order valence-corrected chi connectivity index (χ0v) is 10.5. The van der Waals surface area contributed by atoms with Gasteiger partial charge in [-0.1, -0.05) is 6.07 Å². The lowest BCUT2D eigenvalue weighted by molar-refractivity contribution is 0.285. The third-order valence-electron chi connectivity index (χ3n) is 1.81. The lowest BCUT2D eigenvalue weighted by Crippen LogP contribution is -1.73. The maximum atomic E-state index is 8.99. The van der Waals surface area contributed by atoms with E-state index < -0.39 is 0 Å².